The minimum absolute atomic E-state index is 0.151. The number of anilines is 1. The van der Waals surface area contributed by atoms with Crippen molar-refractivity contribution in [1.82, 2.24) is 10.6 Å². The van der Waals surface area contributed by atoms with E-state index in [0.29, 0.717) is 6.42 Å². The molecule has 1 aliphatic heterocycles. The Bertz CT molecular complexity index is 448. The van der Waals surface area contributed by atoms with Crippen LogP contribution in [0, 0.1) is 0 Å². The van der Waals surface area contributed by atoms with Gasteiger partial charge in [0.2, 0.25) is 11.8 Å². The number of fused-ring (bicyclic) bond motifs is 1. The molecule has 2 atom stereocenters. The van der Waals surface area contributed by atoms with Crippen LogP contribution in [0.3, 0.4) is 0 Å². The first-order chi connectivity index (χ1) is 8.61. The molecule has 5 heteroatoms. The van der Waals surface area contributed by atoms with Crippen LogP contribution in [0.5, 0.6) is 0 Å². The molecule has 2 rings (SSSR count). The second kappa shape index (κ2) is 5.08. The number of amides is 2. The average molecular weight is 247 g/mol. The zero-order chi connectivity index (χ0) is 13.1. The molecule has 3 N–H and O–H groups in total. The zero-order valence-electron chi connectivity index (χ0n) is 10.5. The van der Waals surface area contributed by atoms with Gasteiger partial charge in [-0.15, -0.1) is 0 Å². The highest BCUT2D eigenvalue weighted by Crippen LogP contribution is 2.25. The summed E-state index contributed by atoms with van der Waals surface area (Å²) in [5.74, 6) is -0.346. The first-order valence-corrected chi connectivity index (χ1v) is 5.98. The maximum absolute atomic E-state index is 12.0. The number of likely N-dealkylation sites (N-methyl/N-ethyl adjacent to an activating group) is 1. The van der Waals surface area contributed by atoms with Crippen molar-refractivity contribution in [2.24, 2.45) is 0 Å². The van der Waals surface area contributed by atoms with Crippen LogP contribution in [0.25, 0.3) is 0 Å². The largest absolute Gasteiger partial charge is 0.373 e. The van der Waals surface area contributed by atoms with Gasteiger partial charge >= 0.3 is 0 Å². The lowest BCUT2D eigenvalue weighted by molar-refractivity contribution is -0.128. The van der Waals surface area contributed by atoms with Crippen LogP contribution in [0.1, 0.15) is 12.5 Å². The molecule has 0 saturated heterocycles. The summed E-state index contributed by atoms with van der Waals surface area (Å²) in [7, 11) is 1.55. The second-order valence-corrected chi connectivity index (χ2v) is 4.40. The first kappa shape index (κ1) is 12.4. The van der Waals surface area contributed by atoms with Gasteiger partial charge in [-0.3, -0.25) is 9.59 Å². The van der Waals surface area contributed by atoms with Crippen LogP contribution in [0.15, 0.2) is 24.3 Å². The topological polar surface area (TPSA) is 70.2 Å². The smallest absolute Gasteiger partial charge is 0.243 e. The Morgan fingerprint density at radius 3 is 2.78 bits per heavy atom. The number of carbonyl (C=O) groups excluding carboxylic acids is 2. The molecule has 1 aromatic carbocycles. The lowest BCUT2D eigenvalue weighted by Gasteiger charge is -2.16. The van der Waals surface area contributed by atoms with Crippen LogP contribution >= 0.6 is 0 Å². The van der Waals surface area contributed by atoms with Gasteiger partial charge < -0.3 is 16.0 Å². The third-order valence-corrected chi connectivity index (χ3v) is 3.09. The standard InChI is InChI=1S/C13H17N3O2/c1-8(12(17)14-2)15-13(18)11-7-9-5-3-4-6-10(9)16-11/h3-6,8,11,16H,7H2,1-2H3,(H,14,17)(H,15,18)/t8?,11-/m0/s1. The molecule has 0 spiro atoms. The number of para-hydroxylation sites is 1. The van der Waals surface area contributed by atoms with Crippen molar-refractivity contribution in [2.75, 3.05) is 12.4 Å². The fourth-order valence-electron chi connectivity index (χ4n) is 2.05. The summed E-state index contributed by atoms with van der Waals surface area (Å²) in [6.07, 6.45) is 0.655. The van der Waals surface area contributed by atoms with Crippen molar-refractivity contribution in [2.45, 2.75) is 25.4 Å². The summed E-state index contributed by atoms with van der Waals surface area (Å²) in [4.78, 5) is 23.3. The quantitative estimate of drug-likeness (QED) is 0.718. The van der Waals surface area contributed by atoms with Gasteiger partial charge in [-0.25, -0.2) is 0 Å². The van der Waals surface area contributed by atoms with Crippen molar-refractivity contribution < 1.29 is 9.59 Å². The molecule has 96 valence electrons. The molecule has 2 amide bonds. The highest BCUT2D eigenvalue weighted by atomic mass is 16.2. The Hall–Kier alpha value is -2.04. The van der Waals surface area contributed by atoms with Crippen molar-refractivity contribution in [3.8, 4) is 0 Å². The van der Waals surface area contributed by atoms with Crippen molar-refractivity contribution in [3.63, 3.8) is 0 Å². The molecule has 0 radical (unpaired) electrons. The van der Waals surface area contributed by atoms with Crippen LogP contribution in [0.2, 0.25) is 0 Å². The molecule has 0 saturated carbocycles. The molecule has 0 bridgehead atoms. The van der Waals surface area contributed by atoms with Crippen LogP contribution < -0.4 is 16.0 Å². The lowest BCUT2D eigenvalue weighted by atomic mass is 10.1. The van der Waals surface area contributed by atoms with Crippen LogP contribution in [-0.2, 0) is 16.0 Å². The molecule has 1 aromatic rings. The average Bonchev–Trinajstić information content (AvgIpc) is 2.81. The molecule has 1 unspecified atom stereocenters. The number of carbonyl (C=O) groups is 2. The lowest BCUT2D eigenvalue weighted by Crippen LogP contribution is -2.48. The third-order valence-electron chi connectivity index (χ3n) is 3.09. The van der Waals surface area contributed by atoms with E-state index in [1.807, 2.05) is 24.3 Å². The van der Waals surface area contributed by atoms with Gasteiger partial charge in [0.25, 0.3) is 0 Å². The van der Waals surface area contributed by atoms with Gasteiger partial charge in [0.05, 0.1) is 0 Å². The van der Waals surface area contributed by atoms with E-state index < -0.39 is 6.04 Å². The molecule has 0 aliphatic carbocycles. The van der Waals surface area contributed by atoms with Gasteiger partial charge in [-0.05, 0) is 18.6 Å². The summed E-state index contributed by atoms with van der Waals surface area (Å²) < 4.78 is 0. The maximum Gasteiger partial charge on any atom is 0.243 e. The van der Waals surface area contributed by atoms with E-state index in [0.717, 1.165) is 11.3 Å². The van der Waals surface area contributed by atoms with Crippen LogP contribution in [-0.4, -0.2) is 30.9 Å². The molecule has 18 heavy (non-hydrogen) atoms. The van der Waals surface area contributed by atoms with E-state index in [1.165, 1.54) is 0 Å². The normalized spacial score (nSPS) is 18.4. The van der Waals surface area contributed by atoms with E-state index in [4.69, 9.17) is 0 Å². The maximum atomic E-state index is 12.0. The summed E-state index contributed by atoms with van der Waals surface area (Å²) in [5, 5.41) is 8.35. The van der Waals surface area contributed by atoms with Crippen molar-refractivity contribution in [3.05, 3.63) is 29.8 Å². The first-order valence-electron chi connectivity index (χ1n) is 5.98. The molecule has 5 nitrogen and oxygen atoms in total. The van der Waals surface area contributed by atoms with Gasteiger partial charge in [-0.1, -0.05) is 18.2 Å². The van der Waals surface area contributed by atoms with E-state index in [2.05, 4.69) is 16.0 Å². The Labute approximate surface area is 106 Å². The van der Waals surface area contributed by atoms with Gasteiger partial charge in [-0.2, -0.15) is 0 Å². The van der Waals surface area contributed by atoms with E-state index in [1.54, 1.807) is 14.0 Å². The highest BCUT2D eigenvalue weighted by molar-refractivity contribution is 5.92. The Morgan fingerprint density at radius 2 is 2.11 bits per heavy atom. The Morgan fingerprint density at radius 1 is 1.39 bits per heavy atom. The van der Waals surface area contributed by atoms with Gasteiger partial charge in [0, 0.05) is 19.2 Å². The van der Waals surface area contributed by atoms with Gasteiger partial charge in [0.1, 0.15) is 12.1 Å². The van der Waals surface area contributed by atoms with Crippen molar-refractivity contribution >= 4 is 17.5 Å². The van der Waals surface area contributed by atoms with E-state index in [-0.39, 0.29) is 17.9 Å². The molecule has 0 fully saturated rings. The summed E-state index contributed by atoms with van der Waals surface area (Å²) >= 11 is 0. The SMILES string of the molecule is CNC(=O)C(C)NC(=O)[C@@H]1Cc2ccccc2N1. The summed E-state index contributed by atoms with van der Waals surface area (Å²) in [6.45, 7) is 1.67. The summed E-state index contributed by atoms with van der Waals surface area (Å²) in [5.41, 5.74) is 2.12. The number of benzene rings is 1. The molecule has 0 aromatic heterocycles. The minimum atomic E-state index is -0.520. The predicted octanol–water partition coefficient (Wildman–Crippen LogP) is 0.274. The molecular weight excluding hydrogens is 230 g/mol. The monoisotopic (exact) mass is 247 g/mol. The number of rotatable bonds is 3. The fraction of sp³-hybridized carbons (Fsp3) is 0.385. The zero-order valence-corrected chi connectivity index (χ0v) is 10.5. The Balaban J connectivity index is 1.95. The molecule has 1 aliphatic rings. The van der Waals surface area contributed by atoms with Gasteiger partial charge in [0.15, 0.2) is 0 Å². The number of nitrogens with one attached hydrogen (secondary N) is 3. The second-order valence-electron chi connectivity index (χ2n) is 4.40. The molecular formula is C13H17N3O2. The number of hydrogen-bond donors (Lipinski definition) is 3. The van der Waals surface area contributed by atoms with E-state index in [9.17, 15) is 9.59 Å². The predicted molar refractivity (Wildman–Crippen MR) is 69.2 cm³/mol. The van der Waals surface area contributed by atoms with E-state index >= 15 is 0 Å². The highest BCUT2D eigenvalue weighted by Gasteiger charge is 2.27. The third kappa shape index (κ3) is 2.45. The molecule has 1 heterocycles. The van der Waals surface area contributed by atoms with Crippen molar-refractivity contribution in [1.29, 1.82) is 0 Å². The fourth-order valence-corrected chi connectivity index (χ4v) is 2.05. The minimum Gasteiger partial charge on any atom is -0.373 e. The number of hydrogen-bond acceptors (Lipinski definition) is 3. The Kier molecular flexibility index (Phi) is 3.50. The summed E-state index contributed by atoms with van der Waals surface area (Å²) in [6, 6.07) is 7.01. The van der Waals surface area contributed by atoms with Crippen LogP contribution in [0.4, 0.5) is 5.69 Å².